The van der Waals surface area contributed by atoms with Crippen molar-refractivity contribution < 1.29 is 9.53 Å². The number of nitrogens with two attached hydrogens (primary N) is 1. The number of aromatic amines is 1. The molecule has 0 saturated carbocycles. The van der Waals surface area contributed by atoms with Crippen LogP contribution in [0.4, 0.5) is 0 Å². The Hall–Kier alpha value is -1.43. The van der Waals surface area contributed by atoms with Gasteiger partial charge in [0.2, 0.25) is 0 Å². The number of aromatic nitrogens is 3. The minimum atomic E-state index is -0.505. The normalized spacial score (nSPS) is 12.4. The maximum atomic E-state index is 11.3. The molecule has 0 aromatic carbocycles. The first-order valence-corrected chi connectivity index (χ1v) is 5.51. The summed E-state index contributed by atoms with van der Waals surface area (Å²) >= 11 is 0. The number of nitrogens with zero attached hydrogens (tertiary/aromatic N) is 2. The van der Waals surface area contributed by atoms with E-state index in [-0.39, 0.29) is 11.9 Å². The third-order valence-electron chi connectivity index (χ3n) is 2.10. The van der Waals surface area contributed by atoms with Crippen molar-refractivity contribution in [3.8, 4) is 0 Å². The molecule has 0 aliphatic rings. The SMILES string of the molecule is CCCC(N)Cc1nc(C(=O)OCC)n[nH]1. The van der Waals surface area contributed by atoms with E-state index in [1.807, 2.05) is 0 Å². The third kappa shape index (κ3) is 3.62. The average Bonchev–Trinajstić information content (AvgIpc) is 2.67. The second-order valence-corrected chi connectivity index (χ2v) is 3.58. The molecule has 0 aliphatic carbocycles. The van der Waals surface area contributed by atoms with Crippen LogP contribution in [0.25, 0.3) is 0 Å². The topological polar surface area (TPSA) is 93.9 Å². The molecule has 0 spiro atoms. The quantitative estimate of drug-likeness (QED) is 0.694. The summed E-state index contributed by atoms with van der Waals surface area (Å²) in [4.78, 5) is 15.3. The molecule has 0 aliphatic heterocycles. The van der Waals surface area contributed by atoms with Crippen LogP contribution in [0.15, 0.2) is 0 Å². The molecular formula is C10H18N4O2. The summed E-state index contributed by atoms with van der Waals surface area (Å²) in [6, 6.07) is 0.0491. The maximum absolute atomic E-state index is 11.3. The molecule has 16 heavy (non-hydrogen) atoms. The van der Waals surface area contributed by atoms with Gasteiger partial charge in [-0.15, -0.1) is 5.10 Å². The fraction of sp³-hybridized carbons (Fsp3) is 0.700. The number of nitrogens with one attached hydrogen (secondary N) is 1. The lowest BCUT2D eigenvalue weighted by Crippen LogP contribution is -2.23. The molecule has 1 aromatic heterocycles. The van der Waals surface area contributed by atoms with E-state index in [1.54, 1.807) is 6.92 Å². The molecule has 1 unspecified atom stereocenters. The predicted molar refractivity (Wildman–Crippen MR) is 58.9 cm³/mol. The van der Waals surface area contributed by atoms with Crippen molar-refractivity contribution >= 4 is 5.97 Å². The van der Waals surface area contributed by atoms with Gasteiger partial charge in [0.05, 0.1) is 6.61 Å². The van der Waals surface area contributed by atoms with Gasteiger partial charge in [0, 0.05) is 12.5 Å². The van der Waals surface area contributed by atoms with Crippen LogP contribution in [-0.2, 0) is 11.2 Å². The Kier molecular flexibility index (Phi) is 4.91. The summed E-state index contributed by atoms with van der Waals surface area (Å²) in [5.74, 6) is 0.193. The Labute approximate surface area is 94.6 Å². The van der Waals surface area contributed by atoms with Gasteiger partial charge in [0.15, 0.2) is 0 Å². The van der Waals surface area contributed by atoms with Crippen LogP contribution in [0.2, 0.25) is 0 Å². The van der Waals surface area contributed by atoms with Gasteiger partial charge in [-0.1, -0.05) is 13.3 Å². The Bertz CT molecular complexity index is 337. The Morgan fingerprint density at radius 1 is 1.56 bits per heavy atom. The van der Waals surface area contributed by atoms with Crippen LogP contribution in [0.5, 0.6) is 0 Å². The van der Waals surface area contributed by atoms with Gasteiger partial charge in [-0.3, -0.25) is 5.10 Å². The minimum Gasteiger partial charge on any atom is -0.460 e. The van der Waals surface area contributed by atoms with Crippen molar-refractivity contribution in [1.29, 1.82) is 0 Å². The summed E-state index contributed by atoms with van der Waals surface area (Å²) in [7, 11) is 0. The van der Waals surface area contributed by atoms with Gasteiger partial charge in [-0.25, -0.2) is 9.78 Å². The molecule has 3 N–H and O–H groups in total. The number of carbonyl (C=O) groups is 1. The van der Waals surface area contributed by atoms with Crippen LogP contribution < -0.4 is 5.73 Å². The average molecular weight is 226 g/mol. The lowest BCUT2D eigenvalue weighted by atomic mass is 10.1. The zero-order chi connectivity index (χ0) is 12.0. The lowest BCUT2D eigenvalue weighted by Gasteiger charge is -2.06. The van der Waals surface area contributed by atoms with Gasteiger partial charge in [-0.2, -0.15) is 0 Å². The predicted octanol–water partition coefficient (Wildman–Crippen LogP) is 0.651. The van der Waals surface area contributed by atoms with Crippen LogP contribution in [-0.4, -0.2) is 33.8 Å². The number of hydrogen-bond donors (Lipinski definition) is 2. The number of hydrogen-bond acceptors (Lipinski definition) is 5. The van der Waals surface area contributed by atoms with Crippen LogP contribution in [0, 0.1) is 0 Å². The van der Waals surface area contributed by atoms with Crippen molar-refractivity contribution in [3.63, 3.8) is 0 Å². The standard InChI is InChI=1S/C10H18N4O2/c1-3-5-7(11)6-8-12-9(14-13-8)10(15)16-4-2/h7H,3-6,11H2,1-2H3,(H,12,13,14). The minimum absolute atomic E-state index is 0.0491. The second-order valence-electron chi connectivity index (χ2n) is 3.58. The maximum Gasteiger partial charge on any atom is 0.378 e. The van der Waals surface area contributed by atoms with E-state index in [9.17, 15) is 4.79 Å². The summed E-state index contributed by atoms with van der Waals surface area (Å²) in [6.45, 7) is 4.13. The van der Waals surface area contributed by atoms with Crippen molar-refractivity contribution in [2.24, 2.45) is 5.73 Å². The first-order chi connectivity index (χ1) is 7.67. The van der Waals surface area contributed by atoms with E-state index >= 15 is 0 Å². The smallest absolute Gasteiger partial charge is 0.378 e. The summed E-state index contributed by atoms with van der Waals surface area (Å²) in [6.07, 6.45) is 2.55. The summed E-state index contributed by atoms with van der Waals surface area (Å²) in [5.41, 5.74) is 5.86. The number of ether oxygens (including phenoxy) is 1. The Morgan fingerprint density at radius 3 is 2.94 bits per heavy atom. The number of carbonyl (C=O) groups excluding carboxylic acids is 1. The first-order valence-electron chi connectivity index (χ1n) is 5.51. The van der Waals surface area contributed by atoms with Crippen molar-refractivity contribution in [2.45, 2.75) is 39.2 Å². The molecule has 0 bridgehead atoms. The number of H-pyrrole nitrogens is 1. The highest BCUT2D eigenvalue weighted by molar-refractivity contribution is 5.84. The van der Waals surface area contributed by atoms with Gasteiger partial charge < -0.3 is 10.5 Å². The zero-order valence-corrected chi connectivity index (χ0v) is 9.69. The molecule has 1 heterocycles. The van der Waals surface area contributed by atoms with E-state index in [0.29, 0.717) is 18.9 Å². The molecule has 0 radical (unpaired) electrons. The zero-order valence-electron chi connectivity index (χ0n) is 9.69. The van der Waals surface area contributed by atoms with E-state index in [2.05, 4.69) is 22.1 Å². The number of esters is 1. The van der Waals surface area contributed by atoms with Crippen LogP contribution >= 0.6 is 0 Å². The fourth-order valence-corrected chi connectivity index (χ4v) is 1.39. The molecule has 90 valence electrons. The highest BCUT2D eigenvalue weighted by Gasteiger charge is 2.14. The fourth-order valence-electron chi connectivity index (χ4n) is 1.39. The van der Waals surface area contributed by atoms with E-state index in [1.165, 1.54) is 0 Å². The van der Waals surface area contributed by atoms with E-state index in [0.717, 1.165) is 12.8 Å². The lowest BCUT2D eigenvalue weighted by molar-refractivity contribution is 0.0512. The summed E-state index contributed by atoms with van der Waals surface area (Å²) < 4.78 is 4.78. The van der Waals surface area contributed by atoms with Gasteiger partial charge in [0.1, 0.15) is 5.82 Å². The van der Waals surface area contributed by atoms with Gasteiger partial charge in [-0.05, 0) is 13.3 Å². The van der Waals surface area contributed by atoms with Crippen molar-refractivity contribution in [3.05, 3.63) is 11.6 Å². The molecule has 1 rings (SSSR count). The molecule has 6 heteroatoms. The van der Waals surface area contributed by atoms with Crippen molar-refractivity contribution in [2.75, 3.05) is 6.61 Å². The van der Waals surface area contributed by atoms with Crippen molar-refractivity contribution in [1.82, 2.24) is 15.2 Å². The molecule has 1 atom stereocenters. The molecular weight excluding hydrogens is 208 g/mol. The highest BCUT2D eigenvalue weighted by atomic mass is 16.5. The van der Waals surface area contributed by atoms with Gasteiger partial charge >= 0.3 is 5.97 Å². The van der Waals surface area contributed by atoms with Crippen LogP contribution in [0.3, 0.4) is 0 Å². The van der Waals surface area contributed by atoms with Crippen LogP contribution in [0.1, 0.15) is 43.1 Å². The second kappa shape index (κ2) is 6.22. The first kappa shape index (κ1) is 12.6. The Morgan fingerprint density at radius 2 is 2.31 bits per heavy atom. The van der Waals surface area contributed by atoms with E-state index < -0.39 is 5.97 Å². The van der Waals surface area contributed by atoms with Gasteiger partial charge in [0.25, 0.3) is 5.82 Å². The molecule has 1 aromatic rings. The largest absolute Gasteiger partial charge is 0.460 e. The molecule has 0 saturated heterocycles. The highest BCUT2D eigenvalue weighted by Crippen LogP contribution is 2.02. The Balaban J connectivity index is 2.54. The molecule has 0 fully saturated rings. The molecule has 0 amide bonds. The third-order valence-corrected chi connectivity index (χ3v) is 2.10. The van der Waals surface area contributed by atoms with E-state index in [4.69, 9.17) is 10.5 Å². The summed E-state index contributed by atoms with van der Waals surface area (Å²) in [5, 5.41) is 6.47. The monoisotopic (exact) mass is 226 g/mol. The molecule has 6 nitrogen and oxygen atoms in total. The number of rotatable bonds is 6.